The maximum Gasteiger partial charge on any atom is 0.203 e. The average Bonchev–Trinajstić information content (AvgIpc) is 3.55. The monoisotopic (exact) mass is 395 g/mol. The van der Waals surface area contributed by atoms with Crippen LogP contribution in [0.2, 0.25) is 0 Å². The zero-order valence-electron chi connectivity index (χ0n) is 17.8. The summed E-state index contributed by atoms with van der Waals surface area (Å²) in [6.45, 7) is 5.08. The zero-order valence-corrected chi connectivity index (χ0v) is 17.8. The highest BCUT2D eigenvalue weighted by Crippen LogP contribution is 2.44. The number of hydrogen-bond acceptors (Lipinski definition) is 1. The molecule has 1 atom stereocenters. The van der Waals surface area contributed by atoms with Crippen LogP contribution in [0.15, 0.2) is 72.8 Å². The van der Waals surface area contributed by atoms with Crippen molar-refractivity contribution in [2.24, 2.45) is 5.92 Å². The summed E-state index contributed by atoms with van der Waals surface area (Å²) in [4.78, 5) is 0. The Balaban J connectivity index is 1.58. The van der Waals surface area contributed by atoms with Gasteiger partial charge in [-0.2, -0.15) is 0 Å². The Morgan fingerprint density at radius 2 is 1.43 bits per heavy atom. The van der Waals surface area contributed by atoms with Crippen molar-refractivity contribution < 1.29 is 0 Å². The maximum atomic E-state index is 9.14. The van der Waals surface area contributed by atoms with Crippen LogP contribution in [0.1, 0.15) is 41.1 Å². The minimum atomic E-state index is 0.239. The Bertz CT molecular complexity index is 1220. The van der Waals surface area contributed by atoms with Crippen LogP contribution in [0.3, 0.4) is 0 Å². The van der Waals surface area contributed by atoms with Gasteiger partial charge in [0.15, 0.2) is 0 Å². The SMILES string of the molecule is Cc1ccc(CCn2c(=N)n(C(c3ccc(C)cc3)C3CC3)c3ccccc32)cc1. The predicted octanol–water partition coefficient (Wildman–Crippen LogP) is 5.78. The molecule has 30 heavy (non-hydrogen) atoms. The van der Waals surface area contributed by atoms with Gasteiger partial charge in [0.1, 0.15) is 0 Å². The first-order chi connectivity index (χ1) is 14.6. The highest BCUT2D eigenvalue weighted by Gasteiger charge is 2.35. The Kier molecular flexibility index (Phi) is 4.82. The molecule has 3 heteroatoms. The van der Waals surface area contributed by atoms with Crippen LogP contribution in [0, 0.1) is 25.2 Å². The Morgan fingerprint density at radius 3 is 2.07 bits per heavy atom. The molecule has 0 saturated heterocycles. The molecule has 1 aliphatic rings. The lowest BCUT2D eigenvalue weighted by Gasteiger charge is -2.20. The lowest BCUT2D eigenvalue weighted by atomic mass is 10.0. The standard InChI is InChI=1S/C27H29N3/c1-19-7-11-21(12-8-19)17-18-29-24-5-3-4-6-25(24)30(27(29)28)26(23-15-16-23)22-13-9-20(2)10-14-22/h3-14,23,26,28H,15-18H2,1-2H3. The topological polar surface area (TPSA) is 33.7 Å². The Hall–Kier alpha value is -3.07. The third kappa shape index (κ3) is 3.49. The smallest absolute Gasteiger partial charge is 0.203 e. The second kappa shape index (κ2) is 7.64. The fraction of sp³-hybridized carbons (Fsp3) is 0.296. The van der Waals surface area contributed by atoms with Gasteiger partial charge in [-0.3, -0.25) is 5.41 Å². The van der Waals surface area contributed by atoms with Crippen LogP contribution in [0.4, 0.5) is 0 Å². The molecular formula is C27H29N3. The fourth-order valence-corrected chi connectivity index (χ4v) is 4.57. The normalized spacial score (nSPS) is 14.9. The van der Waals surface area contributed by atoms with Gasteiger partial charge in [0.05, 0.1) is 17.1 Å². The number of aromatic nitrogens is 2. The second-order valence-electron chi connectivity index (χ2n) is 8.76. The van der Waals surface area contributed by atoms with E-state index in [0.29, 0.717) is 11.5 Å². The average molecular weight is 396 g/mol. The molecule has 0 aliphatic heterocycles. The van der Waals surface area contributed by atoms with E-state index >= 15 is 0 Å². The minimum Gasteiger partial charge on any atom is -0.310 e. The van der Waals surface area contributed by atoms with Crippen molar-refractivity contribution in [3.8, 4) is 0 Å². The lowest BCUT2D eigenvalue weighted by molar-refractivity contribution is 0.490. The van der Waals surface area contributed by atoms with Crippen LogP contribution in [0.25, 0.3) is 11.0 Å². The number of benzene rings is 3. The van der Waals surface area contributed by atoms with Crippen LogP contribution >= 0.6 is 0 Å². The van der Waals surface area contributed by atoms with Crippen LogP contribution in [0.5, 0.6) is 0 Å². The summed E-state index contributed by atoms with van der Waals surface area (Å²) < 4.78 is 4.48. The second-order valence-corrected chi connectivity index (χ2v) is 8.76. The highest BCUT2D eigenvalue weighted by molar-refractivity contribution is 5.76. The zero-order chi connectivity index (χ0) is 20.7. The molecule has 0 radical (unpaired) electrons. The van der Waals surface area contributed by atoms with E-state index in [2.05, 4.69) is 95.8 Å². The van der Waals surface area contributed by atoms with Crippen LogP contribution in [-0.2, 0) is 13.0 Å². The van der Waals surface area contributed by atoms with Crippen LogP contribution < -0.4 is 5.62 Å². The molecule has 1 saturated carbocycles. The van der Waals surface area contributed by atoms with Gasteiger partial charge < -0.3 is 9.13 Å². The number of hydrogen-bond donors (Lipinski definition) is 1. The van der Waals surface area contributed by atoms with E-state index in [-0.39, 0.29) is 6.04 Å². The van der Waals surface area contributed by atoms with E-state index in [1.54, 1.807) is 0 Å². The third-order valence-corrected chi connectivity index (χ3v) is 6.43. The molecule has 3 nitrogen and oxygen atoms in total. The summed E-state index contributed by atoms with van der Waals surface area (Å²) in [7, 11) is 0. The molecule has 1 aromatic heterocycles. The predicted molar refractivity (Wildman–Crippen MR) is 123 cm³/mol. The van der Waals surface area contributed by atoms with Crippen molar-refractivity contribution in [3.05, 3.63) is 101 Å². The number of rotatable bonds is 6. The van der Waals surface area contributed by atoms with Crippen molar-refractivity contribution >= 4 is 11.0 Å². The molecule has 1 aliphatic carbocycles. The quantitative estimate of drug-likeness (QED) is 0.429. The van der Waals surface area contributed by atoms with Gasteiger partial charge >= 0.3 is 0 Å². The van der Waals surface area contributed by atoms with Crippen molar-refractivity contribution in [2.75, 3.05) is 0 Å². The summed E-state index contributed by atoms with van der Waals surface area (Å²) in [5.41, 5.74) is 8.15. The first-order valence-corrected chi connectivity index (χ1v) is 11.0. The third-order valence-electron chi connectivity index (χ3n) is 6.43. The molecule has 4 aromatic rings. The Labute approximate surface area is 178 Å². The van der Waals surface area contributed by atoms with E-state index in [4.69, 9.17) is 5.41 Å². The van der Waals surface area contributed by atoms with Crippen molar-refractivity contribution in [1.29, 1.82) is 5.41 Å². The fourth-order valence-electron chi connectivity index (χ4n) is 4.57. The molecule has 0 amide bonds. The summed E-state index contributed by atoms with van der Waals surface area (Å²) in [6.07, 6.45) is 3.42. The van der Waals surface area contributed by atoms with E-state index in [1.165, 1.54) is 40.6 Å². The lowest BCUT2D eigenvalue weighted by Crippen LogP contribution is -2.29. The molecule has 0 bridgehead atoms. The van der Waals surface area contributed by atoms with Gasteiger partial charge in [0.2, 0.25) is 5.62 Å². The molecule has 5 rings (SSSR count). The van der Waals surface area contributed by atoms with Crippen molar-refractivity contribution in [1.82, 2.24) is 9.13 Å². The van der Waals surface area contributed by atoms with Crippen molar-refractivity contribution in [3.63, 3.8) is 0 Å². The van der Waals surface area contributed by atoms with Gasteiger partial charge in [0.25, 0.3) is 0 Å². The molecule has 3 aromatic carbocycles. The summed E-state index contributed by atoms with van der Waals surface area (Å²) in [6, 6.07) is 26.4. The van der Waals surface area contributed by atoms with Gasteiger partial charge in [-0.05, 0) is 62.3 Å². The molecule has 1 N–H and O–H groups in total. The number of nitrogens with zero attached hydrogens (tertiary/aromatic N) is 2. The number of nitrogens with one attached hydrogen (secondary N) is 1. The number of fused-ring (bicyclic) bond motifs is 1. The van der Waals surface area contributed by atoms with Gasteiger partial charge in [-0.1, -0.05) is 71.8 Å². The highest BCUT2D eigenvalue weighted by atomic mass is 15.2. The summed E-state index contributed by atoms with van der Waals surface area (Å²) >= 11 is 0. The van der Waals surface area contributed by atoms with Crippen LogP contribution in [-0.4, -0.2) is 9.13 Å². The molecule has 1 unspecified atom stereocenters. The molecule has 0 spiro atoms. The first-order valence-electron chi connectivity index (χ1n) is 11.0. The van der Waals surface area contributed by atoms with E-state index < -0.39 is 0 Å². The van der Waals surface area contributed by atoms with E-state index in [0.717, 1.165) is 18.5 Å². The summed E-state index contributed by atoms with van der Waals surface area (Å²) in [5, 5.41) is 9.14. The number of imidazole rings is 1. The largest absolute Gasteiger partial charge is 0.310 e. The first kappa shape index (κ1) is 18.9. The summed E-state index contributed by atoms with van der Waals surface area (Å²) in [5.74, 6) is 0.623. The van der Waals surface area contributed by atoms with E-state index in [1.807, 2.05) is 0 Å². The molecule has 152 valence electrons. The maximum absolute atomic E-state index is 9.14. The minimum absolute atomic E-state index is 0.239. The van der Waals surface area contributed by atoms with Gasteiger partial charge in [0, 0.05) is 6.54 Å². The molecule has 1 fully saturated rings. The van der Waals surface area contributed by atoms with Gasteiger partial charge in [-0.15, -0.1) is 0 Å². The van der Waals surface area contributed by atoms with Crippen molar-refractivity contribution in [2.45, 2.75) is 45.7 Å². The number of para-hydroxylation sites is 2. The molecule has 1 heterocycles. The van der Waals surface area contributed by atoms with Gasteiger partial charge in [-0.25, -0.2) is 0 Å². The number of aryl methyl sites for hydroxylation is 4. The molecular weight excluding hydrogens is 366 g/mol. The van der Waals surface area contributed by atoms with E-state index in [9.17, 15) is 0 Å². The Morgan fingerprint density at radius 1 is 0.833 bits per heavy atom.